The van der Waals surface area contributed by atoms with Crippen LogP contribution in [0.3, 0.4) is 0 Å². The van der Waals surface area contributed by atoms with Gasteiger partial charge >= 0.3 is 0 Å². The lowest BCUT2D eigenvalue weighted by Crippen LogP contribution is -2.34. The molecular weight excluding hydrogens is 404 g/mol. The van der Waals surface area contributed by atoms with E-state index in [0.717, 1.165) is 61.4 Å². The Morgan fingerprint density at radius 1 is 1.31 bits per heavy atom. The Morgan fingerprint density at radius 3 is 2.84 bits per heavy atom. The number of methoxy groups -OCH3 is 1. The fraction of sp³-hybridized carbons (Fsp3) is 0.577. The van der Waals surface area contributed by atoms with Crippen molar-refractivity contribution in [3.63, 3.8) is 0 Å². The Kier molecular flexibility index (Phi) is 7.09. The lowest BCUT2D eigenvalue weighted by atomic mass is 9.82. The fourth-order valence-corrected chi connectivity index (χ4v) is 5.22. The van der Waals surface area contributed by atoms with Crippen LogP contribution in [0.2, 0.25) is 0 Å². The van der Waals surface area contributed by atoms with Crippen molar-refractivity contribution in [3.05, 3.63) is 40.5 Å². The summed E-state index contributed by atoms with van der Waals surface area (Å²) in [6.07, 6.45) is 11.8. The lowest BCUT2D eigenvalue weighted by Gasteiger charge is -2.36. The zero-order valence-electron chi connectivity index (χ0n) is 19.8. The van der Waals surface area contributed by atoms with Gasteiger partial charge in [-0.05, 0) is 82.5 Å². The standard InChI is InChI=1S/C26H36N2O4/c1-17(2)6-5-7-18-8-10-19(11-9-18)21(27-29)15-22-24-20(12-13-28(22)3)14-23-25(26(24)30-4)32-16-31-23/h6,10,14,18,22,29H,5,7-9,11-13,15-16H2,1-4H3/b27-21+. The summed E-state index contributed by atoms with van der Waals surface area (Å²) in [5, 5.41) is 13.7. The Labute approximate surface area is 191 Å². The molecule has 3 aliphatic rings. The van der Waals surface area contributed by atoms with Crippen molar-refractivity contribution in [2.24, 2.45) is 11.1 Å². The largest absolute Gasteiger partial charge is 0.492 e. The normalized spacial score (nSPS) is 22.9. The topological polar surface area (TPSA) is 63.5 Å². The summed E-state index contributed by atoms with van der Waals surface area (Å²) >= 11 is 0. The fourth-order valence-electron chi connectivity index (χ4n) is 5.22. The van der Waals surface area contributed by atoms with Gasteiger partial charge in [-0.1, -0.05) is 22.9 Å². The molecule has 1 aromatic carbocycles. The van der Waals surface area contributed by atoms with Crippen molar-refractivity contribution < 1.29 is 19.4 Å². The zero-order valence-corrected chi connectivity index (χ0v) is 19.8. The summed E-state index contributed by atoms with van der Waals surface area (Å²) in [7, 11) is 3.81. The minimum Gasteiger partial charge on any atom is -0.492 e. The van der Waals surface area contributed by atoms with Crippen LogP contribution in [0.5, 0.6) is 17.2 Å². The molecule has 2 unspecified atom stereocenters. The van der Waals surface area contributed by atoms with Crippen molar-refractivity contribution in [1.82, 2.24) is 4.90 Å². The summed E-state index contributed by atoms with van der Waals surface area (Å²) < 4.78 is 17.2. The quantitative estimate of drug-likeness (QED) is 0.257. The molecule has 6 nitrogen and oxygen atoms in total. The van der Waals surface area contributed by atoms with Gasteiger partial charge in [0.1, 0.15) is 0 Å². The van der Waals surface area contributed by atoms with Crippen LogP contribution in [-0.2, 0) is 6.42 Å². The zero-order chi connectivity index (χ0) is 22.7. The highest BCUT2D eigenvalue weighted by Crippen LogP contribution is 2.50. The first-order valence-corrected chi connectivity index (χ1v) is 11.7. The van der Waals surface area contributed by atoms with Crippen LogP contribution in [0.1, 0.15) is 69.5 Å². The Hall–Kier alpha value is -2.47. The van der Waals surface area contributed by atoms with E-state index >= 15 is 0 Å². The molecule has 32 heavy (non-hydrogen) atoms. The molecule has 2 atom stereocenters. The average molecular weight is 441 g/mol. The number of allylic oxidation sites excluding steroid dienone is 4. The number of fused-ring (bicyclic) bond motifs is 2. The van der Waals surface area contributed by atoms with Crippen LogP contribution in [0.4, 0.5) is 0 Å². The first kappa shape index (κ1) is 22.7. The van der Waals surface area contributed by atoms with Crippen molar-refractivity contribution >= 4 is 5.71 Å². The first-order valence-electron chi connectivity index (χ1n) is 11.7. The van der Waals surface area contributed by atoms with E-state index in [-0.39, 0.29) is 12.8 Å². The van der Waals surface area contributed by atoms with Crippen LogP contribution in [0.15, 0.2) is 34.5 Å². The van der Waals surface area contributed by atoms with Gasteiger partial charge < -0.3 is 19.4 Å². The highest BCUT2D eigenvalue weighted by atomic mass is 16.7. The minimum atomic E-state index is 0.0605. The van der Waals surface area contributed by atoms with E-state index < -0.39 is 0 Å². The van der Waals surface area contributed by atoms with Gasteiger partial charge in [-0.2, -0.15) is 0 Å². The molecular formula is C26H36N2O4. The number of ether oxygens (including phenoxy) is 3. The maximum Gasteiger partial charge on any atom is 0.231 e. The molecule has 2 aliphatic heterocycles. The highest BCUT2D eigenvalue weighted by molar-refractivity contribution is 6.00. The van der Waals surface area contributed by atoms with Crippen molar-refractivity contribution in [2.75, 3.05) is 27.5 Å². The van der Waals surface area contributed by atoms with Gasteiger partial charge in [0.25, 0.3) is 0 Å². The van der Waals surface area contributed by atoms with Crippen LogP contribution in [0.25, 0.3) is 0 Å². The van der Waals surface area contributed by atoms with Gasteiger partial charge in [-0.25, -0.2) is 0 Å². The molecule has 4 rings (SSSR count). The first-order chi connectivity index (χ1) is 15.5. The number of oxime groups is 1. The van der Waals surface area contributed by atoms with E-state index in [4.69, 9.17) is 14.2 Å². The molecule has 0 fully saturated rings. The molecule has 0 saturated carbocycles. The summed E-state index contributed by atoms with van der Waals surface area (Å²) in [6, 6.07) is 2.15. The number of rotatable bonds is 7. The molecule has 6 heteroatoms. The molecule has 0 saturated heterocycles. The molecule has 0 amide bonds. The molecule has 1 aromatic rings. The number of benzene rings is 1. The second kappa shape index (κ2) is 9.99. The Bertz CT molecular complexity index is 930. The molecule has 1 aliphatic carbocycles. The van der Waals surface area contributed by atoms with Gasteiger partial charge in [0, 0.05) is 24.6 Å². The third-order valence-electron chi connectivity index (χ3n) is 7.07. The predicted octanol–water partition coefficient (Wildman–Crippen LogP) is 5.65. The highest BCUT2D eigenvalue weighted by Gasteiger charge is 2.35. The molecule has 0 radical (unpaired) electrons. The van der Waals surface area contributed by atoms with Crippen molar-refractivity contribution in [2.45, 2.75) is 64.8 Å². The van der Waals surface area contributed by atoms with Crippen LogP contribution >= 0.6 is 0 Å². The van der Waals surface area contributed by atoms with E-state index in [2.05, 4.69) is 49.2 Å². The second-order valence-electron chi connectivity index (χ2n) is 9.44. The van der Waals surface area contributed by atoms with Gasteiger partial charge in [-0.3, -0.25) is 4.90 Å². The summed E-state index contributed by atoms with van der Waals surface area (Å²) in [6.45, 7) is 5.47. The lowest BCUT2D eigenvalue weighted by molar-refractivity contribution is 0.170. The second-order valence-corrected chi connectivity index (χ2v) is 9.44. The Balaban J connectivity index is 1.53. The van der Waals surface area contributed by atoms with Crippen molar-refractivity contribution in [3.8, 4) is 17.2 Å². The van der Waals surface area contributed by atoms with E-state index in [1.165, 1.54) is 23.1 Å². The average Bonchev–Trinajstić information content (AvgIpc) is 3.26. The smallest absolute Gasteiger partial charge is 0.231 e. The van der Waals surface area contributed by atoms with Crippen LogP contribution in [0, 0.1) is 5.92 Å². The summed E-state index contributed by atoms with van der Waals surface area (Å²) in [5.74, 6) is 2.91. The summed E-state index contributed by atoms with van der Waals surface area (Å²) in [5.41, 5.74) is 5.72. The third kappa shape index (κ3) is 4.65. The maximum absolute atomic E-state index is 9.94. The maximum atomic E-state index is 9.94. The monoisotopic (exact) mass is 440 g/mol. The minimum absolute atomic E-state index is 0.0605. The molecule has 174 valence electrons. The van der Waals surface area contributed by atoms with E-state index in [0.29, 0.717) is 18.1 Å². The predicted molar refractivity (Wildman–Crippen MR) is 126 cm³/mol. The molecule has 0 bridgehead atoms. The van der Waals surface area contributed by atoms with Gasteiger partial charge in [0.05, 0.1) is 12.8 Å². The number of hydrogen-bond acceptors (Lipinski definition) is 6. The SMILES string of the molecule is COc1c2c(cc3c1C(C/C(=N\O)C1=CCC(CCC=C(C)C)CC1)N(C)CC3)OCO2. The van der Waals surface area contributed by atoms with Gasteiger partial charge in [-0.15, -0.1) is 0 Å². The molecule has 0 aromatic heterocycles. The van der Waals surface area contributed by atoms with E-state index in [1.807, 2.05) is 0 Å². The number of nitrogens with zero attached hydrogens (tertiary/aromatic N) is 2. The summed E-state index contributed by atoms with van der Waals surface area (Å²) in [4.78, 5) is 2.32. The third-order valence-corrected chi connectivity index (χ3v) is 7.07. The van der Waals surface area contributed by atoms with E-state index in [1.54, 1.807) is 7.11 Å². The number of hydrogen-bond donors (Lipinski definition) is 1. The Morgan fingerprint density at radius 2 is 2.16 bits per heavy atom. The van der Waals surface area contributed by atoms with Crippen LogP contribution in [-0.4, -0.2) is 43.3 Å². The van der Waals surface area contributed by atoms with Crippen molar-refractivity contribution in [1.29, 1.82) is 0 Å². The molecule has 2 heterocycles. The van der Waals surface area contributed by atoms with Crippen LogP contribution < -0.4 is 14.2 Å². The van der Waals surface area contributed by atoms with Gasteiger partial charge in [0.15, 0.2) is 11.5 Å². The van der Waals surface area contributed by atoms with Gasteiger partial charge in [0.2, 0.25) is 12.5 Å². The number of likely N-dealkylation sites (N-methyl/N-ethyl adjacent to an activating group) is 1. The molecule has 0 spiro atoms. The van der Waals surface area contributed by atoms with E-state index in [9.17, 15) is 5.21 Å². The molecule has 1 N–H and O–H groups in total.